The molecule has 2 aliphatic heterocycles. The van der Waals surface area contributed by atoms with E-state index in [-0.39, 0.29) is 36.6 Å². The number of methoxy groups -OCH3 is 1. The summed E-state index contributed by atoms with van der Waals surface area (Å²) in [7, 11) is 1.31. The average molecular weight is 847 g/mol. The van der Waals surface area contributed by atoms with Gasteiger partial charge < -0.3 is 34.8 Å². The molecule has 1 aliphatic carbocycles. The van der Waals surface area contributed by atoms with E-state index in [1.54, 1.807) is 0 Å². The van der Waals surface area contributed by atoms with Gasteiger partial charge in [0.1, 0.15) is 12.5 Å². The minimum Gasteiger partial charge on any atom is -0.515 e. The molecule has 0 saturated carbocycles. The van der Waals surface area contributed by atoms with Gasteiger partial charge in [-0.15, -0.1) is 0 Å². The van der Waals surface area contributed by atoms with Crippen LogP contribution >= 0.6 is 0 Å². The fourth-order valence-electron chi connectivity index (χ4n) is 10.3. The summed E-state index contributed by atoms with van der Waals surface area (Å²) in [4.78, 5) is 52.1. The number of allylic oxidation sites excluding steroid dienone is 2. The molecule has 10 heteroatoms. The molecule has 1 fully saturated rings. The van der Waals surface area contributed by atoms with Crippen LogP contribution in [0.2, 0.25) is 0 Å². The lowest BCUT2D eigenvalue weighted by Crippen LogP contribution is -2.38. The highest BCUT2D eigenvalue weighted by Gasteiger charge is 2.49. The van der Waals surface area contributed by atoms with Crippen molar-refractivity contribution in [2.45, 2.75) is 132 Å². The number of hydrogen-bond acceptors (Lipinski definition) is 7. The number of esters is 2. The highest BCUT2D eigenvalue weighted by molar-refractivity contribution is 6.19. The number of aromatic amines is 3. The number of fused-ring (bicyclic) bond motifs is 8. The van der Waals surface area contributed by atoms with Crippen molar-refractivity contribution in [2.75, 3.05) is 13.7 Å². The van der Waals surface area contributed by atoms with E-state index in [2.05, 4.69) is 67.5 Å². The van der Waals surface area contributed by atoms with Gasteiger partial charge in [0, 0.05) is 56.8 Å². The van der Waals surface area contributed by atoms with E-state index < -0.39 is 17.9 Å². The number of ether oxygens (including phenoxy) is 2. The molecule has 0 aromatic carbocycles. The number of carbonyl (C=O) groups excluding carboxylic acids is 3. The molecular formula is C52H70N4O6. The average Bonchev–Trinajstić information content (AvgIpc) is 4.00. The van der Waals surface area contributed by atoms with Gasteiger partial charge in [0.15, 0.2) is 5.78 Å². The van der Waals surface area contributed by atoms with Crippen molar-refractivity contribution in [3.8, 4) is 0 Å². The van der Waals surface area contributed by atoms with E-state index >= 15 is 0 Å². The first-order valence-corrected chi connectivity index (χ1v) is 23.0. The lowest BCUT2D eigenvalue weighted by Gasteiger charge is -2.25. The highest BCUT2D eigenvalue weighted by Crippen LogP contribution is 2.42. The first-order chi connectivity index (χ1) is 29.8. The van der Waals surface area contributed by atoms with Crippen molar-refractivity contribution in [3.63, 3.8) is 0 Å². The number of Topliss-reactive ketones (excluding diaryl/α,β-unsaturated/α-hetero) is 1. The molecule has 0 spiro atoms. The molecule has 10 nitrogen and oxygen atoms in total. The second-order valence-corrected chi connectivity index (χ2v) is 18.3. The van der Waals surface area contributed by atoms with Crippen LogP contribution in [0.1, 0.15) is 155 Å². The molecule has 334 valence electrons. The molecule has 6 atom stereocenters. The molecule has 5 N–H and O–H groups in total. The van der Waals surface area contributed by atoms with Gasteiger partial charge in [-0.1, -0.05) is 91.4 Å². The minimum absolute atomic E-state index is 0.0876. The Balaban J connectivity index is 1.29. The maximum Gasteiger partial charge on any atom is 0.320 e. The molecule has 0 radical (unpaired) electrons. The third-order valence-corrected chi connectivity index (χ3v) is 14.0. The van der Waals surface area contributed by atoms with Crippen molar-refractivity contribution < 1.29 is 29.0 Å². The number of ketones is 1. The fourth-order valence-corrected chi connectivity index (χ4v) is 10.3. The minimum atomic E-state index is -1.14. The van der Waals surface area contributed by atoms with Crippen LogP contribution in [-0.4, -0.2) is 57.5 Å². The zero-order valence-electron chi connectivity index (χ0n) is 38.6. The molecule has 0 amide bonds. The number of aromatic nitrogens is 3. The Hall–Kier alpha value is -5.25. The highest BCUT2D eigenvalue weighted by atomic mass is 16.5. The van der Waals surface area contributed by atoms with Crippen LogP contribution in [-0.2, 0) is 25.5 Å². The quantitative estimate of drug-likeness (QED) is 0.0498. The van der Waals surface area contributed by atoms with E-state index in [0.717, 1.165) is 86.7 Å². The molecule has 6 rings (SSSR count). The summed E-state index contributed by atoms with van der Waals surface area (Å²) in [6.07, 6.45) is 22.2. The van der Waals surface area contributed by atoms with Crippen LogP contribution in [0.4, 0.5) is 0 Å². The van der Waals surface area contributed by atoms with Crippen LogP contribution in [0.25, 0.3) is 36.1 Å². The molecule has 3 aromatic heterocycles. The first-order valence-electron chi connectivity index (χ1n) is 23.0. The smallest absolute Gasteiger partial charge is 0.320 e. The van der Waals surface area contributed by atoms with Crippen molar-refractivity contribution in [1.29, 1.82) is 0 Å². The van der Waals surface area contributed by atoms with Crippen molar-refractivity contribution >= 4 is 53.9 Å². The second-order valence-electron chi connectivity index (χ2n) is 18.3. The van der Waals surface area contributed by atoms with Crippen LogP contribution in [0.15, 0.2) is 23.9 Å². The molecule has 6 unspecified atom stereocenters. The Morgan fingerprint density at radius 2 is 1.63 bits per heavy atom. The molecule has 5 heterocycles. The number of aliphatic hydroxyl groups excluding tert-OH is 1. The molecule has 1 saturated heterocycles. The lowest BCUT2D eigenvalue weighted by atomic mass is 9.80. The second kappa shape index (κ2) is 20.3. The van der Waals surface area contributed by atoms with Gasteiger partial charge in [-0.25, -0.2) is 0 Å². The SMILES string of the molecule is C=Cc1c2[nH]c(c1C)C=C1NC(C3=c4[nH]c(c(C)c4C(=O)C3C(=O)OC)=Cc3[nH]c(c(=CO)c3CC)=C2)C(CCC(=O)OCC=C(C)CCCC(C)CCCC(C)CCC)C1C. The van der Waals surface area contributed by atoms with Gasteiger partial charge in [0.25, 0.3) is 0 Å². The van der Waals surface area contributed by atoms with E-state index in [1.807, 2.05) is 45.1 Å². The lowest BCUT2D eigenvalue weighted by molar-refractivity contribution is -0.143. The third-order valence-electron chi connectivity index (χ3n) is 14.0. The van der Waals surface area contributed by atoms with Gasteiger partial charge >= 0.3 is 11.9 Å². The molecule has 62 heavy (non-hydrogen) atoms. The van der Waals surface area contributed by atoms with Crippen molar-refractivity contribution in [3.05, 3.63) is 90.1 Å². The number of aliphatic hydroxyl groups is 1. The molecular weight excluding hydrogens is 777 g/mol. The number of rotatable bonds is 18. The van der Waals surface area contributed by atoms with E-state index in [1.165, 1.54) is 51.2 Å². The zero-order valence-corrected chi connectivity index (χ0v) is 38.6. The van der Waals surface area contributed by atoms with Crippen molar-refractivity contribution in [2.24, 2.45) is 29.6 Å². The van der Waals surface area contributed by atoms with Gasteiger partial charge in [-0.05, 0) is 111 Å². The Kier molecular flexibility index (Phi) is 15.1. The summed E-state index contributed by atoms with van der Waals surface area (Å²) in [5, 5.41) is 17.0. The summed E-state index contributed by atoms with van der Waals surface area (Å²) in [5.74, 6) is -1.06. The van der Waals surface area contributed by atoms with Crippen LogP contribution in [0.5, 0.6) is 0 Å². The normalized spacial score (nSPS) is 20.6. The summed E-state index contributed by atoms with van der Waals surface area (Å²) >= 11 is 0. The van der Waals surface area contributed by atoms with Gasteiger partial charge in [0.05, 0.1) is 30.1 Å². The fraction of sp³-hybridized carbons (Fsp3) is 0.519. The first kappa shape index (κ1) is 46.3. The largest absolute Gasteiger partial charge is 0.515 e. The van der Waals surface area contributed by atoms with Crippen LogP contribution < -0.4 is 26.6 Å². The van der Waals surface area contributed by atoms with E-state index in [0.29, 0.717) is 34.5 Å². The zero-order chi connectivity index (χ0) is 44.8. The molecule has 3 aromatic rings. The van der Waals surface area contributed by atoms with Crippen LogP contribution in [0.3, 0.4) is 0 Å². The van der Waals surface area contributed by atoms with Gasteiger partial charge in [-0.2, -0.15) is 0 Å². The van der Waals surface area contributed by atoms with E-state index in [4.69, 9.17) is 9.47 Å². The number of hydrogen-bond donors (Lipinski definition) is 5. The predicted octanol–water partition coefficient (Wildman–Crippen LogP) is 7.84. The van der Waals surface area contributed by atoms with Crippen molar-refractivity contribution in [1.82, 2.24) is 20.3 Å². The third kappa shape index (κ3) is 9.54. The van der Waals surface area contributed by atoms with Crippen LogP contribution in [0, 0.1) is 43.4 Å². The standard InChI is InChI=1S/C52H70N4O6/c1-11-16-29(4)17-14-18-30(5)19-15-20-31(6)23-24-62-45(58)22-21-37-33(8)40-25-39-32(7)35(12-2)42(53-39)27-44-38(28-57)36(13-3)43(54-44)26-41-34(9)46-50(56-41)47(49(37)55-40)48(51(46)59)52(60)61-10/h12,23,25-30,33,37,48-49,53-57H,2,11,13-22,24H2,1,3-10H3. The number of carbonyl (C=O) groups is 3. The number of nitrogens with one attached hydrogen (secondary N) is 4. The number of H-pyrrole nitrogens is 3. The summed E-state index contributed by atoms with van der Waals surface area (Å²) in [6, 6.07) is -0.472. The Morgan fingerprint density at radius 1 is 0.919 bits per heavy atom. The maximum absolute atomic E-state index is 14.4. The summed E-state index contributed by atoms with van der Waals surface area (Å²) in [6.45, 7) is 21.6. The Labute approximate surface area is 367 Å². The van der Waals surface area contributed by atoms with Gasteiger partial charge in [0.2, 0.25) is 0 Å². The predicted molar refractivity (Wildman–Crippen MR) is 250 cm³/mol. The Morgan fingerprint density at radius 3 is 2.31 bits per heavy atom. The summed E-state index contributed by atoms with van der Waals surface area (Å²) in [5.41, 5.74) is 9.31. The summed E-state index contributed by atoms with van der Waals surface area (Å²) < 4.78 is 11.1. The Bertz CT molecular complexity index is 2490. The molecule has 3 aliphatic rings. The monoisotopic (exact) mass is 847 g/mol. The van der Waals surface area contributed by atoms with E-state index in [9.17, 15) is 19.5 Å². The topological polar surface area (TPSA) is 149 Å². The maximum atomic E-state index is 14.4. The molecule has 8 bridgehead atoms. The van der Waals surface area contributed by atoms with Gasteiger partial charge in [-0.3, -0.25) is 14.4 Å².